The zero-order valence-electron chi connectivity index (χ0n) is 17.8. The molecular weight excluding hydrogens is 366 g/mol. The first kappa shape index (κ1) is 18.4. The largest absolute Gasteiger partial charge is 0.330 e. The molecule has 0 radical (unpaired) electrons. The summed E-state index contributed by atoms with van der Waals surface area (Å²) in [6.45, 7) is 6.52. The molecule has 0 aliphatic heterocycles. The highest BCUT2D eigenvalue weighted by Gasteiger charge is 2.24. The van der Waals surface area contributed by atoms with Crippen LogP contribution in [0.5, 0.6) is 0 Å². The smallest absolute Gasteiger partial charge is 0.226 e. The van der Waals surface area contributed by atoms with Crippen LogP contribution < -0.4 is 9.13 Å². The van der Waals surface area contributed by atoms with Gasteiger partial charge in [-0.1, -0.05) is 30.3 Å². The number of hydrogen-bond acceptors (Lipinski definition) is 1. The summed E-state index contributed by atoms with van der Waals surface area (Å²) in [6.07, 6.45) is 4.21. The monoisotopic (exact) mass is 391 g/mol. The lowest BCUT2D eigenvalue weighted by Gasteiger charge is -2.10. The summed E-state index contributed by atoms with van der Waals surface area (Å²) in [6, 6.07) is 23.7. The van der Waals surface area contributed by atoms with E-state index in [1.807, 2.05) is 6.20 Å². The predicted molar refractivity (Wildman–Crippen MR) is 122 cm³/mol. The van der Waals surface area contributed by atoms with Gasteiger partial charge in [0.1, 0.15) is 5.52 Å². The molecule has 3 aromatic carbocycles. The van der Waals surface area contributed by atoms with E-state index in [1.54, 1.807) is 0 Å². The maximum atomic E-state index is 4.84. The molecular formula is C27H25N3+2. The van der Waals surface area contributed by atoms with Crippen LogP contribution in [0, 0.1) is 20.8 Å². The van der Waals surface area contributed by atoms with Crippen molar-refractivity contribution < 1.29 is 9.13 Å². The molecule has 0 aliphatic rings. The third-order valence-corrected chi connectivity index (χ3v) is 5.98. The first-order valence-corrected chi connectivity index (χ1v) is 10.3. The SMILES string of the molecule is Cc1cc(-c2ncc3ccccc3[n+]2C)c(C)c(-[n+]2cc3ccccc3cc2C)c1. The molecule has 0 saturated carbocycles. The van der Waals surface area contributed by atoms with E-state index < -0.39 is 0 Å². The van der Waals surface area contributed by atoms with Crippen LogP contribution in [0.1, 0.15) is 16.8 Å². The fourth-order valence-electron chi connectivity index (χ4n) is 4.36. The van der Waals surface area contributed by atoms with Gasteiger partial charge in [0.15, 0.2) is 18.1 Å². The lowest BCUT2D eigenvalue weighted by molar-refractivity contribution is -0.636. The van der Waals surface area contributed by atoms with Crippen molar-refractivity contribution in [2.45, 2.75) is 20.8 Å². The number of pyridine rings is 1. The maximum Gasteiger partial charge on any atom is 0.330 e. The van der Waals surface area contributed by atoms with Crippen LogP contribution in [0.2, 0.25) is 0 Å². The van der Waals surface area contributed by atoms with Gasteiger partial charge < -0.3 is 0 Å². The van der Waals surface area contributed by atoms with E-state index in [1.165, 1.54) is 44.4 Å². The first-order chi connectivity index (χ1) is 14.5. The van der Waals surface area contributed by atoms with Crippen molar-refractivity contribution in [3.05, 3.63) is 95.9 Å². The summed E-state index contributed by atoms with van der Waals surface area (Å²) in [5.74, 6) is 0.982. The van der Waals surface area contributed by atoms with Crippen molar-refractivity contribution in [2.24, 2.45) is 7.05 Å². The predicted octanol–water partition coefficient (Wildman–Crippen LogP) is 5.08. The molecule has 0 spiro atoms. The van der Waals surface area contributed by atoms with Crippen molar-refractivity contribution in [1.29, 1.82) is 0 Å². The van der Waals surface area contributed by atoms with Gasteiger partial charge in [0.25, 0.3) is 0 Å². The molecule has 0 aliphatic carbocycles. The summed E-state index contributed by atoms with van der Waals surface area (Å²) < 4.78 is 4.49. The van der Waals surface area contributed by atoms with Crippen molar-refractivity contribution in [3.8, 4) is 17.1 Å². The Morgan fingerprint density at radius 2 is 1.47 bits per heavy atom. The van der Waals surface area contributed by atoms with Gasteiger partial charge in [0.2, 0.25) is 5.69 Å². The number of hydrogen-bond donors (Lipinski definition) is 0. The summed E-state index contributed by atoms with van der Waals surface area (Å²) in [5, 5.41) is 3.65. The summed E-state index contributed by atoms with van der Waals surface area (Å²) in [5.41, 5.74) is 7.20. The number of fused-ring (bicyclic) bond motifs is 2. The highest BCUT2D eigenvalue weighted by atomic mass is 15.0. The molecule has 3 heteroatoms. The Bertz CT molecular complexity index is 1400. The second-order valence-electron chi connectivity index (χ2n) is 8.07. The molecule has 146 valence electrons. The fraction of sp³-hybridized carbons (Fsp3) is 0.148. The van der Waals surface area contributed by atoms with Crippen molar-refractivity contribution >= 4 is 21.7 Å². The Kier molecular flexibility index (Phi) is 4.32. The molecule has 3 nitrogen and oxygen atoms in total. The Hall–Kier alpha value is -3.59. The quantitative estimate of drug-likeness (QED) is 0.384. The number of aryl methyl sites for hydroxylation is 3. The fourth-order valence-corrected chi connectivity index (χ4v) is 4.36. The molecule has 5 aromatic rings. The molecule has 2 heterocycles. The average Bonchev–Trinajstić information content (AvgIpc) is 2.75. The number of benzene rings is 3. The molecule has 5 rings (SSSR count). The Morgan fingerprint density at radius 1 is 0.767 bits per heavy atom. The van der Waals surface area contributed by atoms with Gasteiger partial charge in [-0.3, -0.25) is 0 Å². The van der Waals surface area contributed by atoms with Gasteiger partial charge >= 0.3 is 5.82 Å². The highest BCUT2D eigenvalue weighted by Crippen LogP contribution is 2.26. The van der Waals surface area contributed by atoms with Gasteiger partial charge in [-0.15, -0.1) is 0 Å². The molecule has 0 amide bonds. The van der Waals surface area contributed by atoms with Gasteiger partial charge in [-0.25, -0.2) is 4.57 Å². The van der Waals surface area contributed by atoms with Crippen LogP contribution in [0.25, 0.3) is 38.8 Å². The zero-order valence-corrected chi connectivity index (χ0v) is 17.8. The summed E-state index contributed by atoms with van der Waals surface area (Å²) in [7, 11) is 2.10. The first-order valence-electron chi connectivity index (χ1n) is 10.3. The van der Waals surface area contributed by atoms with E-state index in [2.05, 4.69) is 110 Å². The maximum absolute atomic E-state index is 4.84. The number of rotatable bonds is 2. The van der Waals surface area contributed by atoms with Gasteiger partial charge in [0, 0.05) is 30.0 Å². The molecule has 0 N–H and O–H groups in total. The lowest BCUT2D eigenvalue weighted by Crippen LogP contribution is -2.36. The minimum atomic E-state index is 0.982. The minimum absolute atomic E-state index is 0.982. The third-order valence-electron chi connectivity index (χ3n) is 5.98. The van der Waals surface area contributed by atoms with E-state index in [0.29, 0.717) is 0 Å². The average molecular weight is 392 g/mol. The molecule has 0 saturated heterocycles. The third kappa shape index (κ3) is 2.94. The Labute approximate surface area is 176 Å². The minimum Gasteiger partial charge on any atom is -0.226 e. The van der Waals surface area contributed by atoms with Crippen LogP contribution >= 0.6 is 0 Å². The number of nitrogens with zero attached hydrogens (tertiary/aromatic N) is 3. The van der Waals surface area contributed by atoms with E-state index >= 15 is 0 Å². The van der Waals surface area contributed by atoms with Crippen LogP contribution in [-0.4, -0.2) is 4.98 Å². The zero-order chi connectivity index (χ0) is 20.8. The normalized spacial score (nSPS) is 11.3. The standard InChI is InChI=1S/C27H25N3/c1-18-13-24(27-28-16-22-10-7-8-12-25(22)29(27)4)20(3)26(14-18)30-17-23-11-6-5-9-21(23)15-19(30)2/h5-17H,1-4H3/q+2. The van der Waals surface area contributed by atoms with Crippen molar-refractivity contribution in [3.63, 3.8) is 0 Å². The lowest BCUT2D eigenvalue weighted by atomic mass is 10.0. The molecule has 0 fully saturated rings. The van der Waals surface area contributed by atoms with Crippen molar-refractivity contribution in [1.82, 2.24) is 4.98 Å². The Morgan fingerprint density at radius 3 is 2.27 bits per heavy atom. The number of para-hydroxylation sites is 1. The van der Waals surface area contributed by atoms with Gasteiger partial charge in [-0.05, 0) is 54.0 Å². The van der Waals surface area contributed by atoms with E-state index in [0.717, 1.165) is 11.2 Å². The van der Waals surface area contributed by atoms with Crippen LogP contribution in [0.4, 0.5) is 0 Å². The molecule has 0 atom stereocenters. The molecule has 30 heavy (non-hydrogen) atoms. The van der Waals surface area contributed by atoms with E-state index in [4.69, 9.17) is 4.98 Å². The van der Waals surface area contributed by atoms with Crippen LogP contribution in [0.15, 0.2) is 79.1 Å². The topological polar surface area (TPSA) is 20.6 Å². The second-order valence-corrected chi connectivity index (χ2v) is 8.07. The van der Waals surface area contributed by atoms with Gasteiger partial charge in [0.05, 0.1) is 18.0 Å². The molecule has 0 bridgehead atoms. The highest BCUT2D eigenvalue weighted by molar-refractivity contribution is 5.81. The number of aromatic nitrogens is 3. The van der Waals surface area contributed by atoms with Crippen LogP contribution in [0.3, 0.4) is 0 Å². The van der Waals surface area contributed by atoms with E-state index in [9.17, 15) is 0 Å². The molecule has 2 aromatic heterocycles. The Balaban J connectivity index is 1.77. The summed E-state index contributed by atoms with van der Waals surface area (Å²) >= 11 is 0. The second kappa shape index (κ2) is 7.03. The summed E-state index contributed by atoms with van der Waals surface area (Å²) in [4.78, 5) is 4.84. The van der Waals surface area contributed by atoms with E-state index in [-0.39, 0.29) is 0 Å². The van der Waals surface area contributed by atoms with Crippen molar-refractivity contribution in [2.75, 3.05) is 0 Å². The van der Waals surface area contributed by atoms with Gasteiger partial charge in [-0.2, -0.15) is 4.57 Å². The molecule has 0 unspecified atom stereocenters. The van der Waals surface area contributed by atoms with Crippen LogP contribution in [-0.2, 0) is 7.05 Å².